The Morgan fingerprint density at radius 1 is 1.50 bits per heavy atom. The summed E-state index contributed by atoms with van der Waals surface area (Å²) < 4.78 is 13.0. The van der Waals surface area contributed by atoms with Crippen LogP contribution < -0.4 is 5.32 Å². The third-order valence-electron chi connectivity index (χ3n) is 2.49. The van der Waals surface area contributed by atoms with Crippen LogP contribution in [0.2, 0.25) is 0 Å². The Morgan fingerprint density at radius 3 is 2.64 bits per heavy atom. The van der Waals surface area contributed by atoms with Crippen molar-refractivity contribution in [2.75, 3.05) is 6.54 Å². The van der Waals surface area contributed by atoms with Gasteiger partial charge in [-0.1, -0.05) is 0 Å². The van der Waals surface area contributed by atoms with Crippen molar-refractivity contribution in [3.05, 3.63) is 29.1 Å². The summed E-state index contributed by atoms with van der Waals surface area (Å²) in [6.07, 6.45) is 0.969. The van der Waals surface area contributed by atoms with Crippen LogP contribution in [-0.2, 0) is 0 Å². The maximum Gasteiger partial charge on any atom is 0.124 e. The number of hydrogen-bond donors (Lipinski definition) is 2. The van der Waals surface area contributed by atoms with E-state index in [0.29, 0.717) is 11.1 Å². The van der Waals surface area contributed by atoms with Gasteiger partial charge in [-0.25, -0.2) is 4.39 Å². The number of phenolic OH excluding ortho intramolecular Hbond substituents is 1. The number of halogens is 2. The Bertz CT molecular complexity index is 339. The van der Waals surface area contributed by atoms with Gasteiger partial charge in [-0.15, -0.1) is 12.4 Å². The maximum absolute atomic E-state index is 13.0. The molecule has 78 valence electrons. The zero-order chi connectivity index (χ0) is 9.42. The monoisotopic (exact) mass is 217 g/mol. The highest BCUT2D eigenvalue weighted by Crippen LogP contribution is 2.33. The molecule has 14 heavy (non-hydrogen) atoms. The van der Waals surface area contributed by atoms with E-state index in [1.54, 1.807) is 6.92 Å². The normalized spacial score (nSPS) is 19.7. The van der Waals surface area contributed by atoms with Crippen molar-refractivity contribution in [3.8, 4) is 5.75 Å². The van der Waals surface area contributed by atoms with Gasteiger partial charge in [-0.2, -0.15) is 0 Å². The topological polar surface area (TPSA) is 32.3 Å². The van der Waals surface area contributed by atoms with E-state index < -0.39 is 0 Å². The quantitative estimate of drug-likeness (QED) is 0.757. The first-order valence-electron chi connectivity index (χ1n) is 4.41. The van der Waals surface area contributed by atoms with Crippen molar-refractivity contribution in [2.24, 2.45) is 0 Å². The molecule has 0 amide bonds. The Morgan fingerprint density at radius 2 is 2.14 bits per heavy atom. The minimum atomic E-state index is -0.279. The molecule has 2 nitrogen and oxygen atoms in total. The Labute approximate surface area is 88.5 Å². The van der Waals surface area contributed by atoms with Crippen molar-refractivity contribution in [3.63, 3.8) is 0 Å². The van der Waals surface area contributed by atoms with Gasteiger partial charge in [0, 0.05) is 11.6 Å². The Kier molecular flexibility index (Phi) is 3.34. The average Bonchev–Trinajstić information content (AvgIpc) is 1.95. The number of aromatic hydroxyl groups is 1. The van der Waals surface area contributed by atoms with Crippen molar-refractivity contribution in [2.45, 2.75) is 19.4 Å². The average molecular weight is 218 g/mol. The van der Waals surface area contributed by atoms with Crippen molar-refractivity contribution in [1.82, 2.24) is 5.32 Å². The molecular formula is C10H13ClFNO. The second kappa shape index (κ2) is 4.15. The third kappa shape index (κ3) is 1.83. The molecule has 0 spiro atoms. The molecule has 1 atom stereocenters. The molecule has 1 aromatic carbocycles. The van der Waals surface area contributed by atoms with Crippen molar-refractivity contribution >= 4 is 12.4 Å². The van der Waals surface area contributed by atoms with Crippen LogP contribution in [-0.4, -0.2) is 11.7 Å². The van der Waals surface area contributed by atoms with Gasteiger partial charge in [-0.05, 0) is 37.6 Å². The first kappa shape index (κ1) is 11.3. The lowest BCUT2D eigenvalue weighted by Gasteiger charge is -2.29. The zero-order valence-corrected chi connectivity index (χ0v) is 8.70. The predicted octanol–water partition coefficient (Wildman–Crippen LogP) is 2.30. The van der Waals surface area contributed by atoms with Gasteiger partial charge >= 0.3 is 0 Å². The van der Waals surface area contributed by atoms with E-state index in [9.17, 15) is 9.50 Å². The lowest BCUT2D eigenvalue weighted by molar-refractivity contribution is 0.361. The van der Waals surface area contributed by atoms with Crippen LogP contribution in [0.4, 0.5) is 4.39 Å². The highest BCUT2D eigenvalue weighted by atomic mass is 35.5. The molecule has 2 N–H and O–H groups in total. The summed E-state index contributed by atoms with van der Waals surface area (Å²) in [7, 11) is 0. The molecule has 0 unspecified atom stereocenters. The lowest BCUT2D eigenvalue weighted by Crippen LogP contribution is -2.35. The van der Waals surface area contributed by atoms with Crippen LogP contribution in [0, 0.1) is 12.7 Å². The van der Waals surface area contributed by atoms with Crippen molar-refractivity contribution < 1.29 is 9.50 Å². The number of nitrogens with one attached hydrogen (secondary N) is 1. The first-order chi connectivity index (χ1) is 6.18. The summed E-state index contributed by atoms with van der Waals surface area (Å²) in [6, 6.07) is 2.88. The van der Waals surface area contributed by atoms with Crippen LogP contribution >= 0.6 is 12.4 Å². The van der Waals surface area contributed by atoms with E-state index >= 15 is 0 Å². The molecule has 1 aromatic rings. The van der Waals surface area contributed by atoms with E-state index in [1.165, 1.54) is 12.1 Å². The molecule has 0 aliphatic carbocycles. The Hall–Kier alpha value is -0.800. The van der Waals surface area contributed by atoms with Gasteiger partial charge in [0.1, 0.15) is 11.6 Å². The maximum atomic E-state index is 13.0. The van der Waals surface area contributed by atoms with E-state index in [1.807, 2.05) is 0 Å². The first-order valence-corrected chi connectivity index (χ1v) is 4.41. The smallest absolute Gasteiger partial charge is 0.124 e. The van der Waals surface area contributed by atoms with Crippen LogP contribution in [0.15, 0.2) is 12.1 Å². The van der Waals surface area contributed by atoms with Crippen LogP contribution in [0.25, 0.3) is 0 Å². The van der Waals surface area contributed by atoms with Gasteiger partial charge < -0.3 is 10.4 Å². The largest absolute Gasteiger partial charge is 0.507 e. The Balaban J connectivity index is 0.000000980. The van der Waals surface area contributed by atoms with Gasteiger partial charge in [0.05, 0.1) is 0 Å². The van der Waals surface area contributed by atoms with E-state index in [2.05, 4.69) is 5.32 Å². The van der Waals surface area contributed by atoms with Gasteiger partial charge in [0.25, 0.3) is 0 Å². The van der Waals surface area contributed by atoms with E-state index in [0.717, 1.165) is 13.0 Å². The molecule has 1 heterocycles. The second-order valence-corrected chi connectivity index (χ2v) is 3.46. The van der Waals surface area contributed by atoms with Crippen LogP contribution in [0.3, 0.4) is 0 Å². The molecule has 4 heteroatoms. The summed E-state index contributed by atoms with van der Waals surface area (Å²) in [6.45, 7) is 2.65. The highest BCUT2D eigenvalue weighted by molar-refractivity contribution is 5.85. The molecule has 1 fully saturated rings. The summed E-state index contributed by atoms with van der Waals surface area (Å²) >= 11 is 0. The van der Waals surface area contributed by atoms with Gasteiger partial charge in [0.15, 0.2) is 0 Å². The summed E-state index contributed by atoms with van der Waals surface area (Å²) in [5.41, 5.74) is 1.28. The molecule has 1 saturated heterocycles. The van der Waals surface area contributed by atoms with Crippen molar-refractivity contribution in [1.29, 1.82) is 0 Å². The third-order valence-corrected chi connectivity index (χ3v) is 2.49. The second-order valence-electron chi connectivity index (χ2n) is 3.46. The molecule has 1 aliphatic rings. The summed E-state index contributed by atoms with van der Waals surface area (Å²) in [4.78, 5) is 0. The fourth-order valence-corrected chi connectivity index (χ4v) is 1.58. The minimum Gasteiger partial charge on any atom is -0.507 e. The molecule has 0 saturated carbocycles. The number of benzene rings is 1. The minimum absolute atomic E-state index is 0. The van der Waals surface area contributed by atoms with E-state index in [4.69, 9.17) is 0 Å². The van der Waals surface area contributed by atoms with Crippen LogP contribution in [0.1, 0.15) is 23.6 Å². The predicted molar refractivity (Wildman–Crippen MR) is 55.4 cm³/mol. The molecular weight excluding hydrogens is 205 g/mol. The SMILES string of the molecule is Cc1cc(F)cc([C@@H]2CCN2)c1O.Cl. The number of aryl methyl sites for hydroxylation is 1. The molecule has 0 radical (unpaired) electrons. The summed E-state index contributed by atoms with van der Waals surface area (Å²) in [5, 5.41) is 12.8. The lowest BCUT2D eigenvalue weighted by atomic mass is 9.95. The molecule has 0 aromatic heterocycles. The zero-order valence-electron chi connectivity index (χ0n) is 7.88. The molecule has 2 rings (SSSR count). The van der Waals surface area contributed by atoms with Crippen LogP contribution in [0.5, 0.6) is 5.75 Å². The molecule has 0 bridgehead atoms. The highest BCUT2D eigenvalue weighted by Gasteiger charge is 2.22. The van der Waals surface area contributed by atoms with Gasteiger partial charge in [-0.3, -0.25) is 0 Å². The molecule has 1 aliphatic heterocycles. The fraction of sp³-hybridized carbons (Fsp3) is 0.400. The summed E-state index contributed by atoms with van der Waals surface area (Å²) in [5.74, 6) is -0.0578. The fourth-order valence-electron chi connectivity index (χ4n) is 1.58. The number of phenols is 1. The van der Waals surface area contributed by atoms with Gasteiger partial charge in [0.2, 0.25) is 0 Å². The van der Waals surface area contributed by atoms with E-state index in [-0.39, 0.29) is 30.0 Å². The number of hydrogen-bond acceptors (Lipinski definition) is 2. The standard InChI is InChI=1S/C10H12FNO.ClH/c1-6-4-7(11)5-8(10(6)13)9-2-3-12-9;/h4-5,9,12-13H,2-3H2,1H3;1H/t9-;/m0./s1. The number of rotatable bonds is 1.